The number of aromatic nitrogens is 4. The highest BCUT2D eigenvalue weighted by atomic mass is 19.1. The highest BCUT2D eigenvalue weighted by molar-refractivity contribution is 5.79. The van der Waals surface area contributed by atoms with Crippen LogP contribution in [0.2, 0.25) is 0 Å². The van der Waals surface area contributed by atoms with Gasteiger partial charge in [-0.2, -0.15) is 0 Å². The van der Waals surface area contributed by atoms with Crippen LogP contribution >= 0.6 is 0 Å². The monoisotopic (exact) mass is 382 g/mol. The van der Waals surface area contributed by atoms with Gasteiger partial charge in [-0.05, 0) is 76.9 Å². The third kappa shape index (κ3) is 4.30. The Morgan fingerprint density at radius 3 is 2.86 bits per heavy atom. The average molecular weight is 382 g/mol. The van der Waals surface area contributed by atoms with Crippen LogP contribution < -0.4 is 5.32 Å². The molecule has 4 rings (SSSR count). The highest BCUT2D eigenvalue weighted by Gasteiger charge is 2.16. The minimum Gasteiger partial charge on any atom is -0.354 e. The van der Waals surface area contributed by atoms with Crippen LogP contribution in [0, 0.1) is 18.7 Å². The Labute approximate surface area is 164 Å². The number of imidazole rings is 1. The number of piperidine rings is 1. The molecule has 0 amide bonds. The third-order valence-electron chi connectivity index (χ3n) is 5.59. The second-order valence-electron chi connectivity index (χ2n) is 7.76. The molecule has 7 heteroatoms. The Morgan fingerprint density at radius 1 is 1.25 bits per heavy atom. The molecule has 1 aliphatic rings. The zero-order valence-electron chi connectivity index (χ0n) is 16.5. The lowest BCUT2D eigenvalue weighted by Crippen LogP contribution is -2.30. The molecule has 3 aromatic rings. The molecule has 0 radical (unpaired) electrons. The van der Waals surface area contributed by atoms with Crippen molar-refractivity contribution in [1.82, 2.24) is 24.8 Å². The van der Waals surface area contributed by atoms with Crippen LogP contribution in [-0.4, -0.2) is 51.5 Å². The minimum atomic E-state index is -0.282. The van der Waals surface area contributed by atoms with Gasteiger partial charge < -0.3 is 15.2 Å². The van der Waals surface area contributed by atoms with E-state index in [-0.39, 0.29) is 5.82 Å². The zero-order valence-corrected chi connectivity index (χ0v) is 16.5. The van der Waals surface area contributed by atoms with Gasteiger partial charge in [-0.15, -0.1) is 0 Å². The molecule has 1 fully saturated rings. The van der Waals surface area contributed by atoms with Crippen molar-refractivity contribution in [3.05, 3.63) is 35.9 Å². The minimum absolute atomic E-state index is 0.282. The molecule has 0 atom stereocenters. The number of aromatic amines is 1. The molecule has 0 unspecified atom stereocenters. The molecular formula is C21H27FN6. The SMILES string of the molecule is Cc1nc(NCCCC2CCN(C)CC2)ncc1-c1nc2ccc(F)cc2[nH]1. The van der Waals surface area contributed by atoms with E-state index in [0.717, 1.165) is 35.7 Å². The van der Waals surface area contributed by atoms with Crippen LogP contribution in [0.15, 0.2) is 24.4 Å². The maximum Gasteiger partial charge on any atom is 0.222 e. The molecule has 1 saturated heterocycles. The first kappa shape index (κ1) is 18.8. The Kier molecular flexibility index (Phi) is 5.52. The third-order valence-corrected chi connectivity index (χ3v) is 5.59. The van der Waals surface area contributed by atoms with Gasteiger partial charge in [0, 0.05) is 12.7 Å². The topological polar surface area (TPSA) is 69.7 Å². The van der Waals surface area contributed by atoms with E-state index in [1.54, 1.807) is 12.3 Å². The Bertz CT molecular complexity index is 945. The molecule has 0 bridgehead atoms. The second-order valence-corrected chi connectivity index (χ2v) is 7.76. The predicted octanol–water partition coefficient (Wildman–Crippen LogP) is 4.00. The Hall–Kier alpha value is -2.54. The van der Waals surface area contributed by atoms with E-state index in [1.165, 1.54) is 44.5 Å². The first-order valence-corrected chi connectivity index (χ1v) is 10.00. The van der Waals surface area contributed by atoms with Crippen molar-refractivity contribution in [3.8, 4) is 11.4 Å². The van der Waals surface area contributed by atoms with E-state index >= 15 is 0 Å². The molecule has 0 saturated carbocycles. The van der Waals surface area contributed by atoms with E-state index in [0.29, 0.717) is 17.3 Å². The number of hydrogen-bond donors (Lipinski definition) is 2. The number of benzene rings is 1. The number of hydrogen-bond acceptors (Lipinski definition) is 5. The first-order valence-electron chi connectivity index (χ1n) is 10.00. The first-order chi connectivity index (χ1) is 13.6. The predicted molar refractivity (Wildman–Crippen MR) is 110 cm³/mol. The largest absolute Gasteiger partial charge is 0.354 e. The maximum atomic E-state index is 13.4. The number of nitrogens with one attached hydrogen (secondary N) is 2. The van der Waals surface area contributed by atoms with Gasteiger partial charge in [-0.25, -0.2) is 19.3 Å². The van der Waals surface area contributed by atoms with Gasteiger partial charge in [-0.1, -0.05) is 0 Å². The molecule has 6 nitrogen and oxygen atoms in total. The molecule has 28 heavy (non-hydrogen) atoms. The van der Waals surface area contributed by atoms with Crippen molar-refractivity contribution >= 4 is 17.0 Å². The molecular weight excluding hydrogens is 355 g/mol. The van der Waals surface area contributed by atoms with E-state index < -0.39 is 0 Å². The van der Waals surface area contributed by atoms with Gasteiger partial charge in [-0.3, -0.25) is 0 Å². The fraction of sp³-hybridized carbons (Fsp3) is 0.476. The van der Waals surface area contributed by atoms with Gasteiger partial charge in [0.15, 0.2) is 0 Å². The number of H-pyrrole nitrogens is 1. The molecule has 2 aromatic heterocycles. The summed E-state index contributed by atoms with van der Waals surface area (Å²) in [6, 6.07) is 4.53. The molecule has 148 valence electrons. The number of aryl methyl sites for hydroxylation is 1. The summed E-state index contributed by atoms with van der Waals surface area (Å²) in [6.07, 6.45) is 6.78. The van der Waals surface area contributed by atoms with Gasteiger partial charge in [0.2, 0.25) is 5.95 Å². The average Bonchev–Trinajstić information content (AvgIpc) is 3.09. The number of nitrogens with zero attached hydrogens (tertiary/aromatic N) is 4. The van der Waals surface area contributed by atoms with Gasteiger partial charge in [0.05, 0.1) is 22.3 Å². The van der Waals surface area contributed by atoms with Crippen LogP contribution in [0.3, 0.4) is 0 Å². The second kappa shape index (κ2) is 8.22. The lowest BCUT2D eigenvalue weighted by Gasteiger charge is -2.28. The van der Waals surface area contributed by atoms with Crippen LogP contribution in [0.4, 0.5) is 10.3 Å². The van der Waals surface area contributed by atoms with Gasteiger partial charge in [0.25, 0.3) is 0 Å². The number of halogens is 1. The lowest BCUT2D eigenvalue weighted by atomic mass is 9.92. The summed E-state index contributed by atoms with van der Waals surface area (Å²) in [4.78, 5) is 19.1. The zero-order chi connectivity index (χ0) is 19.5. The van der Waals surface area contributed by atoms with Crippen molar-refractivity contribution in [2.75, 3.05) is 32.0 Å². The van der Waals surface area contributed by atoms with E-state index in [4.69, 9.17) is 0 Å². The van der Waals surface area contributed by atoms with Crippen LogP contribution in [-0.2, 0) is 0 Å². The van der Waals surface area contributed by atoms with E-state index in [1.807, 2.05) is 6.92 Å². The number of rotatable bonds is 6. The summed E-state index contributed by atoms with van der Waals surface area (Å²) in [7, 11) is 2.20. The number of anilines is 1. The van der Waals surface area contributed by atoms with Gasteiger partial charge >= 0.3 is 0 Å². The Balaban J connectivity index is 1.34. The van der Waals surface area contributed by atoms with Crippen LogP contribution in [0.1, 0.15) is 31.4 Å². The fourth-order valence-electron chi connectivity index (χ4n) is 3.84. The normalized spacial score (nSPS) is 16.0. The lowest BCUT2D eigenvalue weighted by molar-refractivity contribution is 0.211. The molecule has 1 aliphatic heterocycles. The quantitative estimate of drug-likeness (QED) is 0.631. The summed E-state index contributed by atoms with van der Waals surface area (Å²) in [5, 5.41) is 3.33. The maximum absolute atomic E-state index is 13.4. The number of fused-ring (bicyclic) bond motifs is 1. The molecule has 0 aliphatic carbocycles. The summed E-state index contributed by atoms with van der Waals surface area (Å²) < 4.78 is 13.4. The molecule has 1 aromatic carbocycles. The Morgan fingerprint density at radius 2 is 2.07 bits per heavy atom. The van der Waals surface area contributed by atoms with E-state index in [9.17, 15) is 4.39 Å². The standard InChI is InChI=1S/C21H27FN6/c1-14-17(20-26-18-6-5-16(22)12-19(18)27-20)13-24-21(25-14)23-9-3-4-15-7-10-28(2)11-8-15/h5-6,12-13,15H,3-4,7-11H2,1-2H3,(H,26,27)(H,23,24,25). The summed E-state index contributed by atoms with van der Waals surface area (Å²) in [5.41, 5.74) is 3.07. The van der Waals surface area contributed by atoms with Crippen molar-refractivity contribution in [2.45, 2.75) is 32.6 Å². The fourth-order valence-corrected chi connectivity index (χ4v) is 3.84. The van der Waals surface area contributed by atoms with Gasteiger partial charge in [0.1, 0.15) is 11.6 Å². The van der Waals surface area contributed by atoms with Crippen molar-refractivity contribution < 1.29 is 4.39 Å². The number of likely N-dealkylation sites (tertiary alicyclic amines) is 1. The summed E-state index contributed by atoms with van der Waals surface area (Å²) in [5.74, 6) is 1.87. The van der Waals surface area contributed by atoms with Crippen LogP contribution in [0.25, 0.3) is 22.4 Å². The van der Waals surface area contributed by atoms with Crippen molar-refractivity contribution in [1.29, 1.82) is 0 Å². The summed E-state index contributed by atoms with van der Waals surface area (Å²) in [6.45, 7) is 5.26. The van der Waals surface area contributed by atoms with Crippen molar-refractivity contribution in [3.63, 3.8) is 0 Å². The van der Waals surface area contributed by atoms with E-state index in [2.05, 4.69) is 37.2 Å². The molecule has 0 spiro atoms. The highest BCUT2D eigenvalue weighted by Crippen LogP contribution is 2.24. The smallest absolute Gasteiger partial charge is 0.222 e. The molecule has 2 N–H and O–H groups in total. The van der Waals surface area contributed by atoms with Crippen molar-refractivity contribution in [2.24, 2.45) is 5.92 Å². The molecule has 3 heterocycles. The van der Waals surface area contributed by atoms with Crippen LogP contribution in [0.5, 0.6) is 0 Å². The summed E-state index contributed by atoms with van der Waals surface area (Å²) >= 11 is 0.